The maximum Gasteiger partial charge on any atom is 0.348 e. The van der Waals surface area contributed by atoms with Gasteiger partial charge in [-0.2, -0.15) is 0 Å². The lowest BCUT2D eigenvalue weighted by Gasteiger charge is -2.07. The van der Waals surface area contributed by atoms with Crippen LogP contribution in [0.2, 0.25) is 0 Å². The molecule has 0 atom stereocenters. The number of aryl methyl sites for hydroxylation is 1. The van der Waals surface area contributed by atoms with E-state index in [0.29, 0.717) is 11.1 Å². The molecule has 1 aromatic heterocycles. The number of methoxy groups -OCH3 is 2. The van der Waals surface area contributed by atoms with E-state index < -0.39 is 30.4 Å². The molecule has 28 heavy (non-hydrogen) atoms. The Morgan fingerprint density at radius 1 is 0.929 bits per heavy atom. The molecule has 148 valence electrons. The Kier molecular flexibility index (Phi) is 6.89. The Bertz CT molecular complexity index is 915. The summed E-state index contributed by atoms with van der Waals surface area (Å²) in [6.07, 6.45) is 0. The molecule has 9 heteroatoms. The van der Waals surface area contributed by atoms with E-state index in [-0.39, 0.29) is 15.4 Å². The molecule has 0 bridgehead atoms. The lowest BCUT2D eigenvalue weighted by Crippen LogP contribution is -2.21. The molecule has 1 amide bonds. The van der Waals surface area contributed by atoms with Crippen LogP contribution in [0, 0.1) is 13.8 Å². The first-order valence-electron chi connectivity index (χ1n) is 8.12. The third-order valence-corrected chi connectivity index (χ3v) is 4.97. The van der Waals surface area contributed by atoms with Crippen molar-refractivity contribution >= 4 is 40.2 Å². The van der Waals surface area contributed by atoms with Gasteiger partial charge in [0, 0.05) is 0 Å². The van der Waals surface area contributed by atoms with Gasteiger partial charge in [-0.25, -0.2) is 14.4 Å². The Hall–Kier alpha value is -3.20. The first-order valence-corrected chi connectivity index (χ1v) is 8.93. The number of hydrogen-bond donors (Lipinski definition) is 1. The second-order valence-corrected chi connectivity index (χ2v) is 6.75. The van der Waals surface area contributed by atoms with E-state index in [4.69, 9.17) is 9.47 Å². The van der Waals surface area contributed by atoms with Gasteiger partial charge in [-0.05, 0) is 31.5 Å². The SMILES string of the molecule is COC(=O)c1sc(NC(=O)COC(=O)c2ccc(C)cc2)c(C(=O)OC)c1C. The normalized spacial score (nSPS) is 10.1. The fourth-order valence-electron chi connectivity index (χ4n) is 2.30. The fourth-order valence-corrected chi connectivity index (χ4v) is 3.43. The number of esters is 3. The Balaban J connectivity index is 2.12. The Morgan fingerprint density at radius 3 is 2.11 bits per heavy atom. The number of rotatable bonds is 6. The van der Waals surface area contributed by atoms with Crippen molar-refractivity contribution in [3.63, 3.8) is 0 Å². The van der Waals surface area contributed by atoms with E-state index in [1.165, 1.54) is 14.2 Å². The van der Waals surface area contributed by atoms with Gasteiger partial charge >= 0.3 is 17.9 Å². The smallest absolute Gasteiger partial charge is 0.348 e. The van der Waals surface area contributed by atoms with Gasteiger partial charge in [0.25, 0.3) is 5.91 Å². The summed E-state index contributed by atoms with van der Waals surface area (Å²) in [6.45, 7) is 2.87. The van der Waals surface area contributed by atoms with Crippen LogP contribution in [0.4, 0.5) is 5.00 Å². The number of benzene rings is 1. The molecular formula is C19H19NO7S. The minimum absolute atomic E-state index is 0.0473. The zero-order chi connectivity index (χ0) is 20.8. The van der Waals surface area contributed by atoms with E-state index in [1.54, 1.807) is 31.2 Å². The third kappa shape index (κ3) is 4.74. The lowest BCUT2D eigenvalue weighted by molar-refractivity contribution is -0.119. The van der Waals surface area contributed by atoms with Gasteiger partial charge < -0.3 is 19.5 Å². The number of ether oxygens (including phenoxy) is 3. The maximum absolute atomic E-state index is 12.2. The summed E-state index contributed by atoms with van der Waals surface area (Å²) in [7, 11) is 2.40. The molecule has 0 aliphatic heterocycles. The van der Waals surface area contributed by atoms with Crippen LogP contribution in [0.5, 0.6) is 0 Å². The van der Waals surface area contributed by atoms with Crippen LogP contribution in [0.3, 0.4) is 0 Å². The van der Waals surface area contributed by atoms with Crippen molar-refractivity contribution in [1.29, 1.82) is 0 Å². The van der Waals surface area contributed by atoms with Gasteiger partial charge in [0.1, 0.15) is 9.88 Å². The van der Waals surface area contributed by atoms with Crippen LogP contribution >= 0.6 is 11.3 Å². The first kappa shape index (κ1) is 21.1. The van der Waals surface area contributed by atoms with Gasteiger partial charge in [0.2, 0.25) is 0 Å². The van der Waals surface area contributed by atoms with E-state index in [9.17, 15) is 19.2 Å². The first-order chi connectivity index (χ1) is 13.3. The zero-order valence-corrected chi connectivity index (χ0v) is 16.6. The van der Waals surface area contributed by atoms with Gasteiger partial charge in [-0.1, -0.05) is 17.7 Å². The Labute approximate surface area is 165 Å². The van der Waals surface area contributed by atoms with Gasteiger partial charge in [-0.3, -0.25) is 4.79 Å². The van der Waals surface area contributed by atoms with Crippen LogP contribution in [0.25, 0.3) is 0 Å². The van der Waals surface area contributed by atoms with Crippen molar-refractivity contribution in [2.24, 2.45) is 0 Å². The number of nitrogens with one attached hydrogen (secondary N) is 1. The van der Waals surface area contributed by atoms with Crippen molar-refractivity contribution in [2.45, 2.75) is 13.8 Å². The average Bonchev–Trinajstić information content (AvgIpc) is 3.01. The molecule has 0 aliphatic rings. The number of amides is 1. The largest absolute Gasteiger partial charge is 0.465 e. The average molecular weight is 405 g/mol. The Morgan fingerprint density at radius 2 is 1.54 bits per heavy atom. The molecule has 1 N–H and O–H groups in total. The number of hydrogen-bond acceptors (Lipinski definition) is 8. The summed E-state index contributed by atoms with van der Waals surface area (Å²) in [5, 5.41) is 2.59. The molecule has 0 saturated heterocycles. The zero-order valence-electron chi connectivity index (χ0n) is 15.8. The molecule has 2 rings (SSSR count). The van der Waals surface area contributed by atoms with E-state index in [1.807, 2.05) is 6.92 Å². The van der Waals surface area contributed by atoms with Gasteiger partial charge in [0.15, 0.2) is 6.61 Å². The number of carbonyl (C=O) groups is 4. The highest BCUT2D eigenvalue weighted by Gasteiger charge is 2.27. The van der Waals surface area contributed by atoms with Crippen molar-refractivity contribution in [3.05, 3.63) is 51.4 Å². The third-order valence-electron chi connectivity index (χ3n) is 3.78. The van der Waals surface area contributed by atoms with Crippen molar-refractivity contribution in [3.8, 4) is 0 Å². The summed E-state index contributed by atoms with van der Waals surface area (Å²) >= 11 is 0.875. The van der Waals surface area contributed by atoms with Crippen LogP contribution in [0.1, 0.15) is 41.5 Å². The number of carbonyl (C=O) groups excluding carboxylic acids is 4. The summed E-state index contributed by atoms with van der Waals surface area (Å²) in [5.74, 6) is -2.67. The summed E-state index contributed by atoms with van der Waals surface area (Å²) in [4.78, 5) is 48.2. The highest BCUT2D eigenvalue weighted by atomic mass is 32.1. The molecular weight excluding hydrogens is 386 g/mol. The molecule has 0 spiro atoms. The van der Waals surface area contributed by atoms with Crippen LogP contribution in [-0.4, -0.2) is 44.6 Å². The van der Waals surface area contributed by atoms with Crippen molar-refractivity contribution < 1.29 is 33.4 Å². The summed E-state index contributed by atoms with van der Waals surface area (Å²) in [5.41, 5.74) is 1.68. The van der Waals surface area contributed by atoms with E-state index in [2.05, 4.69) is 10.1 Å². The molecule has 0 unspecified atom stereocenters. The second kappa shape index (κ2) is 9.14. The monoisotopic (exact) mass is 405 g/mol. The van der Waals surface area contributed by atoms with Crippen LogP contribution in [0.15, 0.2) is 24.3 Å². The van der Waals surface area contributed by atoms with Crippen LogP contribution < -0.4 is 5.32 Å². The van der Waals surface area contributed by atoms with Crippen molar-refractivity contribution in [2.75, 3.05) is 26.1 Å². The molecule has 0 radical (unpaired) electrons. The van der Waals surface area contributed by atoms with Gasteiger partial charge in [0.05, 0.1) is 25.3 Å². The minimum atomic E-state index is -0.712. The topological polar surface area (TPSA) is 108 Å². The molecule has 0 aliphatic carbocycles. The summed E-state index contributed by atoms with van der Waals surface area (Å²) in [6, 6.07) is 6.69. The molecule has 8 nitrogen and oxygen atoms in total. The number of anilines is 1. The van der Waals surface area contributed by atoms with E-state index >= 15 is 0 Å². The van der Waals surface area contributed by atoms with Crippen LogP contribution in [-0.2, 0) is 19.0 Å². The highest BCUT2D eigenvalue weighted by Crippen LogP contribution is 2.34. The quantitative estimate of drug-likeness (QED) is 0.581. The van der Waals surface area contributed by atoms with E-state index in [0.717, 1.165) is 16.9 Å². The predicted octanol–water partition coefficient (Wildman–Crippen LogP) is 2.73. The predicted molar refractivity (Wildman–Crippen MR) is 102 cm³/mol. The standard InChI is InChI=1S/C19H19NO7S/c1-10-5-7-12(8-6-10)17(22)27-9-13(21)20-16-14(18(23)25-3)11(2)15(28-16)19(24)26-4/h5-8H,9H2,1-4H3,(H,20,21). The molecule has 0 saturated carbocycles. The van der Waals surface area contributed by atoms with Crippen molar-refractivity contribution in [1.82, 2.24) is 0 Å². The fraction of sp³-hybridized carbons (Fsp3) is 0.263. The maximum atomic E-state index is 12.2. The summed E-state index contributed by atoms with van der Waals surface area (Å²) < 4.78 is 14.4. The molecule has 2 aromatic rings. The second-order valence-electron chi connectivity index (χ2n) is 5.73. The lowest BCUT2D eigenvalue weighted by atomic mass is 10.1. The van der Waals surface area contributed by atoms with Gasteiger partial charge in [-0.15, -0.1) is 11.3 Å². The number of thiophene rings is 1. The minimum Gasteiger partial charge on any atom is -0.465 e. The highest BCUT2D eigenvalue weighted by molar-refractivity contribution is 7.18. The molecule has 1 aromatic carbocycles. The molecule has 0 fully saturated rings. The molecule has 1 heterocycles.